The lowest BCUT2D eigenvalue weighted by Crippen LogP contribution is -2.70. The molecule has 14 heavy (non-hydrogen) atoms. The van der Waals surface area contributed by atoms with Crippen LogP contribution in [0.2, 0.25) is 0 Å². The first-order valence-corrected chi connectivity index (χ1v) is 5.81. The molecule has 4 fully saturated rings. The van der Waals surface area contributed by atoms with E-state index >= 15 is 0 Å². The number of aliphatic hydroxyl groups is 1. The van der Waals surface area contributed by atoms with E-state index in [0.717, 1.165) is 12.8 Å². The molecular formula is C12H21NO. The van der Waals surface area contributed by atoms with Crippen LogP contribution >= 0.6 is 0 Å². The highest BCUT2D eigenvalue weighted by atomic mass is 16.3. The molecule has 0 aromatic heterocycles. The highest BCUT2D eigenvalue weighted by Crippen LogP contribution is 2.65. The summed E-state index contributed by atoms with van der Waals surface area (Å²) in [6.07, 6.45) is 5.55. The van der Waals surface area contributed by atoms with Crippen molar-refractivity contribution < 1.29 is 5.11 Å². The molecule has 3 atom stereocenters. The fraction of sp³-hybridized carbons (Fsp3) is 1.00. The molecule has 0 aromatic carbocycles. The first-order valence-electron chi connectivity index (χ1n) is 5.81. The molecule has 0 aromatic rings. The molecule has 0 radical (unpaired) electrons. The molecular weight excluding hydrogens is 174 g/mol. The van der Waals surface area contributed by atoms with Crippen molar-refractivity contribution in [3.05, 3.63) is 0 Å². The first-order chi connectivity index (χ1) is 6.34. The Kier molecular flexibility index (Phi) is 1.44. The maximum absolute atomic E-state index is 10.2. The summed E-state index contributed by atoms with van der Waals surface area (Å²) in [4.78, 5) is 0. The Labute approximate surface area is 85.9 Å². The fourth-order valence-electron chi connectivity index (χ4n) is 5.34. The summed E-state index contributed by atoms with van der Waals surface area (Å²) >= 11 is 0. The van der Waals surface area contributed by atoms with Gasteiger partial charge in [-0.2, -0.15) is 0 Å². The predicted molar refractivity (Wildman–Crippen MR) is 55.7 cm³/mol. The monoisotopic (exact) mass is 195 g/mol. The van der Waals surface area contributed by atoms with Gasteiger partial charge in [-0.25, -0.2) is 0 Å². The second-order valence-corrected chi connectivity index (χ2v) is 7.00. The van der Waals surface area contributed by atoms with E-state index in [9.17, 15) is 5.11 Å². The highest BCUT2D eigenvalue weighted by molar-refractivity contribution is 5.17. The molecule has 4 saturated carbocycles. The number of hydrogen-bond acceptors (Lipinski definition) is 2. The molecule has 80 valence electrons. The van der Waals surface area contributed by atoms with Gasteiger partial charge >= 0.3 is 0 Å². The molecule has 2 nitrogen and oxygen atoms in total. The van der Waals surface area contributed by atoms with Crippen molar-refractivity contribution in [1.29, 1.82) is 0 Å². The van der Waals surface area contributed by atoms with Crippen LogP contribution < -0.4 is 5.73 Å². The van der Waals surface area contributed by atoms with E-state index in [4.69, 9.17) is 5.73 Å². The highest BCUT2D eigenvalue weighted by Gasteiger charge is 2.62. The number of aliphatic hydroxyl groups excluding tert-OH is 1. The Hall–Kier alpha value is -0.0800. The SMILES string of the molecule is CC12CC3CC(C)(C1)CC(N)(C2)C3O. The van der Waals surface area contributed by atoms with Gasteiger partial charge in [-0.3, -0.25) is 0 Å². The summed E-state index contributed by atoms with van der Waals surface area (Å²) < 4.78 is 0. The van der Waals surface area contributed by atoms with Crippen LogP contribution in [0.4, 0.5) is 0 Å². The molecule has 4 aliphatic carbocycles. The van der Waals surface area contributed by atoms with E-state index < -0.39 is 0 Å². The third-order valence-electron chi connectivity index (χ3n) is 4.91. The smallest absolute Gasteiger partial charge is 0.0748 e. The molecule has 3 unspecified atom stereocenters. The van der Waals surface area contributed by atoms with Gasteiger partial charge in [-0.15, -0.1) is 0 Å². The minimum absolute atomic E-state index is 0.232. The van der Waals surface area contributed by atoms with Gasteiger partial charge in [0.1, 0.15) is 0 Å². The topological polar surface area (TPSA) is 46.2 Å². The molecule has 0 saturated heterocycles. The number of rotatable bonds is 0. The minimum atomic E-state index is -0.261. The van der Waals surface area contributed by atoms with Crippen LogP contribution in [0.3, 0.4) is 0 Å². The number of hydrogen-bond donors (Lipinski definition) is 2. The van der Waals surface area contributed by atoms with Crippen LogP contribution in [0, 0.1) is 16.7 Å². The average Bonchev–Trinajstić information content (AvgIpc) is 1.94. The Morgan fingerprint density at radius 3 is 2.00 bits per heavy atom. The van der Waals surface area contributed by atoms with E-state index in [1.54, 1.807) is 0 Å². The lowest BCUT2D eigenvalue weighted by Gasteiger charge is -2.66. The van der Waals surface area contributed by atoms with Gasteiger partial charge in [0.05, 0.1) is 6.10 Å². The summed E-state index contributed by atoms with van der Waals surface area (Å²) in [5, 5.41) is 10.2. The van der Waals surface area contributed by atoms with Crippen LogP contribution in [0.25, 0.3) is 0 Å². The van der Waals surface area contributed by atoms with Gasteiger partial charge in [-0.05, 0) is 48.9 Å². The molecule has 4 aliphatic rings. The molecule has 4 rings (SSSR count). The molecule has 4 bridgehead atoms. The summed E-state index contributed by atoms with van der Waals surface area (Å²) in [6, 6.07) is 0. The van der Waals surface area contributed by atoms with Crippen molar-refractivity contribution in [2.75, 3.05) is 0 Å². The molecule has 2 heteroatoms. The van der Waals surface area contributed by atoms with Crippen LogP contribution in [0.15, 0.2) is 0 Å². The van der Waals surface area contributed by atoms with Crippen molar-refractivity contribution in [3.8, 4) is 0 Å². The third kappa shape index (κ3) is 0.989. The predicted octanol–water partition coefficient (Wildman–Crippen LogP) is 1.66. The largest absolute Gasteiger partial charge is 0.391 e. The van der Waals surface area contributed by atoms with Crippen LogP contribution in [-0.2, 0) is 0 Å². The van der Waals surface area contributed by atoms with Crippen molar-refractivity contribution in [1.82, 2.24) is 0 Å². The van der Waals surface area contributed by atoms with Crippen LogP contribution in [-0.4, -0.2) is 16.7 Å². The van der Waals surface area contributed by atoms with Crippen LogP contribution in [0.5, 0.6) is 0 Å². The van der Waals surface area contributed by atoms with Crippen molar-refractivity contribution in [3.63, 3.8) is 0 Å². The zero-order valence-electron chi connectivity index (χ0n) is 9.21. The van der Waals surface area contributed by atoms with Gasteiger partial charge < -0.3 is 10.8 Å². The maximum Gasteiger partial charge on any atom is 0.0748 e. The van der Waals surface area contributed by atoms with E-state index in [1.165, 1.54) is 19.3 Å². The van der Waals surface area contributed by atoms with Gasteiger partial charge in [0, 0.05) is 5.54 Å². The third-order valence-corrected chi connectivity index (χ3v) is 4.91. The minimum Gasteiger partial charge on any atom is -0.391 e. The Morgan fingerprint density at radius 2 is 1.57 bits per heavy atom. The second-order valence-electron chi connectivity index (χ2n) is 7.00. The number of nitrogens with two attached hydrogens (primary N) is 1. The first kappa shape index (κ1) is 9.17. The van der Waals surface area contributed by atoms with E-state index in [2.05, 4.69) is 13.8 Å². The Balaban J connectivity index is 2.06. The van der Waals surface area contributed by atoms with E-state index in [-0.39, 0.29) is 11.6 Å². The zero-order valence-corrected chi connectivity index (χ0v) is 9.21. The van der Waals surface area contributed by atoms with Crippen molar-refractivity contribution in [2.24, 2.45) is 22.5 Å². The quantitative estimate of drug-likeness (QED) is 0.617. The fourth-order valence-corrected chi connectivity index (χ4v) is 5.34. The van der Waals surface area contributed by atoms with Gasteiger partial charge in [0.2, 0.25) is 0 Å². The van der Waals surface area contributed by atoms with E-state index in [0.29, 0.717) is 16.7 Å². The van der Waals surface area contributed by atoms with Gasteiger partial charge in [0.15, 0.2) is 0 Å². The van der Waals surface area contributed by atoms with Gasteiger partial charge in [0.25, 0.3) is 0 Å². The summed E-state index contributed by atoms with van der Waals surface area (Å²) in [5.74, 6) is 0.478. The van der Waals surface area contributed by atoms with Gasteiger partial charge in [-0.1, -0.05) is 13.8 Å². The Bertz CT molecular complexity index is 270. The van der Waals surface area contributed by atoms with Crippen molar-refractivity contribution >= 4 is 0 Å². The second kappa shape index (κ2) is 2.19. The average molecular weight is 195 g/mol. The summed E-state index contributed by atoms with van der Waals surface area (Å²) in [5.41, 5.74) is 6.96. The normalized spacial score (nSPS) is 66.0. The van der Waals surface area contributed by atoms with E-state index in [1.807, 2.05) is 0 Å². The summed E-state index contributed by atoms with van der Waals surface area (Å²) in [6.45, 7) is 4.73. The maximum atomic E-state index is 10.2. The molecule has 0 spiro atoms. The zero-order chi connectivity index (χ0) is 10.2. The van der Waals surface area contributed by atoms with Crippen molar-refractivity contribution in [2.45, 2.75) is 57.6 Å². The Morgan fingerprint density at radius 1 is 1.07 bits per heavy atom. The lowest BCUT2D eigenvalue weighted by atomic mass is 9.42. The summed E-state index contributed by atoms with van der Waals surface area (Å²) in [7, 11) is 0. The molecule has 0 aliphatic heterocycles. The molecule has 0 amide bonds. The lowest BCUT2D eigenvalue weighted by molar-refractivity contribution is -0.173. The molecule has 3 N–H and O–H groups in total. The van der Waals surface area contributed by atoms with Crippen LogP contribution in [0.1, 0.15) is 46.0 Å². The molecule has 0 heterocycles. The standard InChI is InChI=1S/C12H21NO/c1-10-3-8-4-11(2,5-10)7-12(13,6-10)9(8)14/h8-9,14H,3-7,13H2,1-2H3.